The number of carbonyl (C=O) groups is 2. The average molecular weight is 426 g/mol. The topological polar surface area (TPSA) is 65.1 Å². The summed E-state index contributed by atoms with van der Waals surface area (Å²) in [5.41, 5.74) is 3.10. The molecule has 0 aliphatic heterocycles. The fourth-order valence-electron chi connectivity index (χ4n) is 3.30. The van der Waals surface area contributed by atoms with Crippen LogP contribution >= 0.6 is 0 Å². The van der Waals surface area contributed by atoms with Crippen molar-refractivity contribution in [1.82, 2.24) is 0 Å². The number of nitrogens with zero attached hydrogens (tertiary/aromatic N) is 1. The molecule has 1 amide bonds. The smallest absolute Gasteiger partial charge is 0.414 e. The van der Waals surface area contributed by atoms with Gasteiger partial charge in [0, 0.05) is 5.56 Å². The summed E-state index contributed by atoms with van der Waals surface area (Å²) in [6.45, 7) is 9.31. The molecular formula is C25H31NO5. The van der Waals surface area contributed by atoms with Gasteiger partial charge in [-0.15, -0.1) is 0 Å². The summed E-state index contributed by atoms with van der Waals surface area (Å²) in [7, 11) is 2.55. The predicted molar refractivity (Wildman–Crippen MR) is 122 cm³/mol. The van der Waals surface area contributed by atoms with Crippen LogP contribution in [0.1, 0.15) is 31.4 Å². The molecule has 0 radical (unpaired) electrons. The summed E-state index contributed by atoms with van der Waals surface area (Å²) in [6, 6.07) is 17.3. The summed E-state index contributed by atoms with van der Waals surface area (Å²) in [5.74, 6) is -0.541. The molecule has 0 saturated carbocycles. The Kier molecular flexibility index (Phi) is 8.82. The molecule has 0 atom stereocenters. The highest BCUT2D eigenvalue weighted by molar-refractivity contribution is 5.96. The van der Waals surface area contributed by atoms with Crippen molar-refractivity contribution >= 4 is 23.3 Å². The van der Waals surface area contributed by atoms with E-state index in [1.165, 1.54) is 19.1 Å². The number of amides is 1. The molecular weight excluding hydrogens is 394 g/mol. The van der Waals surface area contributed by atoms with Gasteiger partial charge in [0.1, 0.15) is 6.54 Å². The Labute approximate surface area is 184 Å². The lowest BCUT2D eigenvalue weighted by molar-refractivity contribution is -0.138. The molecule has 0 unspecified atom stereocenters. The van der Waals surface area contributed by atoms with E-state index < -0.39 is 12.1 Å². The van der Waals surface area contributed by atoms with Gasteiger partial charge in [0.25, 0.3) is 0 Å². The predicted octanol–water partition coefficient (Wildman–Crippen LogP) is 5.08. The Morgan fingerprint density at radius 1 is 0.968 bits per heavy atom. The van der Waals surface area contributed by atoms with Gasteiger partial charge in [-0.05, 0) is 29.0 Å². The fourth-order valence-corrected chi connectivity index (χ4v) is 3.30. The lowest BCUT2D eigenvalue weighted by atomic mass is 9.84. The van der Waals surface area contributed by atoms with Crippen LogP contribution in [0.3, 0.4) is 0 Å². The van der Waals surface area contributed by atoms with Crippen molar-refractivity contribution in [3.8, 4) is 0 Å². The molecule has 6 heteroatoms. The van der Waals surface area contributed by atoms with Crippen molar-refractivity contribution in [2.24, 2.45) is 5.41 Å². The summed E-state index contributed by atoms with van der Waals surface area (Å²) < 4.78 is 15.5. The number of carbonyl (C=O) groups excluding carboxylic acids is 2. The number of allylic oxidation sites excluding steroid dienone is 1. The summed E-state index contributed by atoms with van der Waals surface area (Å²) in [6.07, 6.45) is 0.00239. The number of para-hydroxylation sites is 1. The van der Waals surface area contributed by atoms with Crippen molar-refractivity contribution in [2.45, 2.75) is 26.9 Å². The number of methoxy groups -OCH3 is 2. The zero-order valence-corrected chi connectivity index (χ0v) is 18.7. The lowest BCUT2D eigenvalue weighted by Gasteiger charge is -2.28. The van der Waals surface area contributed by atoms with Gasteiger partial charge < -0.3 is 14.2 Å². The van der Waals surface area contributed by atoms with Crippen LogP contribution in [0.25, 0.3) is 5.57 Å². The maximum Gasteiger partial charge on any atom is 0.414 e. The highest BCUT2D eigenvalue weighted by Gasteiger charge is 2.26. The van der Waals surface area contributed by atoms with Crippen molar-refractivity contribution in [1.29, 1.82) is 0 Å². The van der Waals surface area contributed by atoms with Crippen molar-refractivity contribution in [3.05, 3.63) is 72.3 Å². The largest absolute Gasteiger partial charge is 0.468 e. The minimum atomic E-state index is -0.642. The van der Waals surface area contributed by atoms with Gasteiger partial charge in [-0.3, -0.25) is 9.69 Å². The number of rotatable bonds is 10. The van der Waals surface area contributed by atoms with E-state index >= 15 is 0 Å². The van der Waals surface area contributed by atoms with E-state index in [1.807, 2.05) is 42.5 Å². The van der Waals surface area contributed by atoms with Gasteiger partial charge in [-0.25, -0.2) is 4.79 Å². The van der Waals surface area contributed by atoms with E-state index in [9.17, 15) is 9.59 Å². The molecule has 2 aromatic carbocycles. The molecule has 31 heavy (non-hydrogen) atoms. The Bertz CT molecular complexity index is 892. The molecule has 166 valence electrons. The first-order chi connectivity index (χ1) is 14.8. The van der Waals surface area contributed by atoms with Gasteiger partial charge >= 0.3 is 12.1 Å². The van der Waals surface area contributed by atoms with Crippen LogP contribution in [0.15, 0.2) is 61.2 Å². The van der Waals surface area contributed by atoms with E-state index in [4.69, 9.17) is 14.2 Å². The number of esters is 1. The second-order valence-corrected chi connectivity index (χ2v) is 8.07. The van der Waals surface area contributed by atoms with Gasteiger partial charge in [0.05, 0.1) is 33.1 Å². The third-order valence-electron chi connectivity index (χ3n) is 4.78. The van der Waals surface area contributed by atoms with E-state index in [0.29, 0.717) is 25.3 Å². The lowest BCUT2D eigenvalue weighted by Crippen LogP contribution is -2.36. The number of hydrogen-bond acceptors (Lipinski definition) is 5. The molecule has 0 heterocycles. The van der Waals surface area contributed by atoms with Crippen molar-refractivity contribution in [2.75, 3.05) is 32.3 Å². The molecule has 2 rings (SSSR count). The fraction of sp³-hybridized carbons (Fsp3) is 0.360. The zero-order chi connectivity index (χ0) is 22.9. The van der Waals surface area contributed by atoms with Crippen LogP contribution in [0.5, 0.6) is 0 Å². The van der Waals surface area contributed by atoms with Crippen LogP contribution in [0, 0.1) is 5.41 Å². The number of benzene rings is 2. The molecule has 0 aliphatic carbocycles. The molecule has 2 aromatic rings. The average Bonchev–Trinajstić information content (AvgIpc) is 2.77. The normalized spacial score (nSPS) is 11.0. The quantitative estimate of drug-likeness (QED) is 0.497. The minimum Gasteiger partial charge on any atom is -0.468 e. The highest BCUT2D eigenvalue weighted by Crippen LogP contribution is 2.35. The van der Waals surface area contributed by atoms with E-state index in [1.54, 1.807) is 12.1 Å². The van der Waals surface area contributed by atoms with Crippen LogP contribution in [0.4, 0.5) is 10.5 Å². The third-order valence-corrected chi connectivity index (χ3v) is 4.78. The van der Waals surface area contributed by atoms with Gasteiger partial charge in [-0.1, -0.05) is 69.0 Å². The Hall–Kier alpha value is -3.12. The van der Waals surface area contributed by atoms with E-state index in [0.717, 1.165) is 16.7 Å². The summed E-state index contributed by atoms with van der Waals surface area (Å²) >= 11 is 0. The van der Waals surface area contributed by atoms with Gasteiger partial charge in [0.2, 0.25) is 0 Å². The Morgan fingerprint density at radius 2 is 1.61 bits per heavy atom. The molecule has 0 fully saturated rings. The van der Waals surface area contributed by atoms with Crippen LogP contribution in [-0.2, 0) is 25.6 Å². The van der Waals surface area contributed by atoms with Gasteiger partial charge in [-0.2, -0.15) is 0 Å². The van der Waals surface area contributed by atoms with Crippen LogP contribution in [-0.4, -0.2) is 39.4 Å². The second-order valence-electron chi connectivity index (χ2n) is 8.07. The number of ether oxygens (including phenoxy) is 3. The molecule has 6 nitrogen and oxygen atoms in total. The molecule has 0 aromatic heterocycles. The molecule has 0 bridgehead atoms. The SMILES string of the molecule is C=C(CC(C)(C)COCc1ccccc1)c1ccccc1N(CC(=O)OC)C(=O)OC. The van der Waals surface area contributed by atoms with E-state index in [-0.39, 0.29) is 12.0 Å². The number of hydrogen-bond donors (Lipinski definition) is 0. The van der Waals surface area contributed by atoms with Crippen LogP contribution < -0.4 is 4.90 Å². The summed E-state index contributed by atoms with van der Waals surface area (Å²) in [4.78, 5) is 25.5. The zero-order valence-electron chi connectivity index (χ0n) is 18.7. The highest BCUT2D eigenvalue weighted by atomic mass is 16.5. The molecule has 0 saturated heterocycles. The molecule has 0 N–H and O–H groups in total. The molecule has 0 spiro atoms. The van der Waals surface area contributed by atoms with Crippen LogP contribution in [0.2, 0.25) is 0 Å². The first-order valence-corrected chi connectivity index (χ1v) is 10.1. The summed E-state index contributed by atoms with van der Waals surface area (Å²) in [5, 5.41) is 0. The maximum absolute atomic E-state index is 12.3. The standard InChI is InChI=1S/C25H31NO5/c1-19(15-25(2,3)18-31-17-20-11-7-6-8-12-20)21-13-9-10-14-22(21)26(24(28)30-5)16-23(27)29-4/h6-14H,1,15-18H2,2-5H3. The molecule has 0 aliphatic rings. The Balaban J connectivity index is 2.13. The van der Waals surface area contributed by atoms with Gasteiger partial charge in [0.15, 0.2) is 0 Å². The monoisotopic (exact) mass is 425 g/mol. The Morgan fingerprint density at radius 3 is 2.26 bits per heavy atom. The van der Waals surface area contributed by atoms with Crippen molar-refractivity contribution in [3.63, 3.8) is 0 Å². The first-order valence-electron chi connectivity index (χ1n) is 10.1. The minimum absolute atomic E-state index is 0.183. The number of anilines is 1. The second kappa shape index (κ2) is 11.3. The third kappa shape index (κ3) is 7.26. The van der Waals surface area contributed by atoms with E-state index in [2.05, 4.69) is 20.4 Å². The van der Waals surface area contributed by atoms with Crippen molar-refractivity contribution < 1.29 is 23.8 Å². The first kappa shape index (κ1) is 24.2. The maximum atomic E-state index is 12.3.